The molecular weight excluding hydrogens is 232 g/mol. The van der Waals surface area contributed by atoms with Crippen LogP contribution in [0.5, 0.6) is 0 Å². The van der Waals surface area contributed by atoms with Gasteiger partial charge in [-0.15, -0.1) is 0 Å². The van der Waals surface area contributed by atoms with Crippen molar-refractivity contribution >= 4 is 23.0 Å². The smallest absolute Gasteiger partial charge is 0.101 e. The minimum absolute atomic E-state index is 0.612. The van der Waals surface area contributed by atoms with Crippen LogP contribution in [0, 0.1) is 11.3 Å². The topological polar surface area (TPSA) is 27.0 Å². The molecule has 0 atom stereocenters. The van der Waals surface area contributed by atoms with E-state index in [-0.39, 0.29) is 0 Å². The van der Waals surface area contributed by atoms with Gasteiger partial charge in [-0.1, -0.05) is 29.8 Å². The van der Waals surface area contributed by atoms with Crippen LogP contribution in [0.4, 0.5) is 11.4 Å². The average molecular weight is 243 g/mol. The molecule has 0 saturated carbocycles. The van der Waals surface area contributed by atoms with Gasteiger partial charge in [0.1, 0.15) is 6.07 Å². The van der Waals surface area contributed by atoms with Gasteiger partial charge in [-0.2, -0.15) is 5.26 Å². The van der Waals surface area contributed by atoms with Crippen LogP contribution in [0.2, 0.25) is 5.02 Å². The van der Waals surface area contributed by atoms with E-state index in [1.165, 1.54) is 0 Å². The van der Waals surface area contributed by atoms with Crippen molar-refractivity contribution in [1.29, 1.82) is 5.26 Å². The van der Waals surface area contributed by atoms with Crippen molar-refractivity contribution in [2.24, 2.45) is 0 Å². The van der Waals surface area contributed by atoms with Crippen molar-refractivity contribution in [3.8, 4) is 6.07 Å². The maximum Gasteiger partial charge on any atom is 0.101 e. The second-order valence-electron chi connectivity index (χ2n) is 3.67. The normalized spacial score (nSPS) is 9.71. The first-order valence-electron chi connectivity index (χ1n) is 5.21. The van der Waals surface area contributed by atoms with Crippen molar-refractivity contribution in [3.05, 3.63) is 59.1 Å². The van der Waals surface area contributed by atoms with Gasteiger partial charge in [-0.25, -0.2) is 0 Å². The Morgan fingerprint density at radius 3 is 2.47 bits per heavy atom. The minimum Gasteiger partial charge on any atom is -0.344 e. The van der Waals surface area contributed by atoms with Crippen molar-refractivity contribution in [3.63, 3.8) is 0 Å². The molecule has 0 aliphatic rings. The number of benzene rings is 2. The highest BCUT2D eigenvalue weighted by atomic mass is 35.5. The monoisotopic (exact) mass is 242 g/mol. The molecule has 0 N–H and O–H groups in total. The second kappa shape index (κ2) is 4.90. The van der Waals surface area contributed by atoms with Crippen LogP contribution in [0.15, 0.2) is 48.5 Å². The molecule has 2 aromatic rings. The summed E-state index contributed by atoms with van der Waals surface area (Å²) in [7, 11) is 1.92. The van der Waals surface area contributed by atoms with Gasteiger partial charge in [-0.05, 0) is 30.3 Å². The SMILES string of the molecule is CN(c1ccccc1)c1cc(Cl)ccc1C#N. The molecule has 0 saturated heterocycles. The maximum atomic E-state index is 9.09. The highest BCUT2D eigenvalue weighted by Gasteiger charge is 2.09. The van der Waals surface area contributed by atoms with Gasteiger partial charge in [0.05, 0.1) is 11.3 Å². The molecule has 2 aromatic carbocycles. The molecule has 3 heteroatoms. The molecule has 84 valence electrons. The zero-order chi connectivity index (χ0) is 12.3. The molecule has 2 nitrogen and oxygen atoms in total. The van der Waals surface area contributed by atoms with Gasteiger partial charge in [0.2, 0.25) is 0 Å². The highest BCUT2D eigenvalue weighted by Crippen LogP contribution is 2.28. The lowest BCUT2D eigenvalue weighted by molar-refractivity contribution is 1.20. The lowest BCUT2D eigenvalue weighted by atomic mass is 10.1. The first-order chi connectivity index (χ1) is 8.22. The van der Waals surface area contributed by atoms with Gasteiger partial charge >= 0.3 is 0 Å². The first kappa shape index (κ1) is 11.5. The summed E-state index contributed by atoms with van der Waals surface area (Å²) in [5.74, 6) is 0. The standard InChI is InChI=1S/C14H11ClN2/c1-17(13-5-3-2-4-6-13)14-9-12(15)8-7-11(14)10-16/h2-9H,1H3. The highest BCUT2D eigenvalue weighted by molar-refractivity contribution is 6.30. The molecule has 0 aromatic heterocycles. The van der Waals surface area contributed by atoms with E-state index in [0.29, 0.717) is 10.6 Å². The third-order valence-electron chi connectivity index (χ3n) is 2.59. The number of nitriles is 1. The van der Waals surface area contributed by atoms with Crippen LogP contribution >= 0.6 is 11.6 Å². The van der Waals surface area contributed by atoms with Crippen molar-refractivity contribution in [1.82, 2.24) is 0 Å². The molecule has 0 bridgehead atoms. The Balaban J connectivity index is 2.47. The molecule has 0 heterocycles. The first-order valence-corrected chi connectivity index (χ1v) is 5.58. The van der Waals surface area contributed by atoms with Crippen molar-refractivity contribution in [2.75, 3.05) is 11.9 Å². The lowest BCUT2D eigenvalue weighted by Crippen LogP contribution is -2.10. The number of rotatable bonds is 2. The summed E-state index contributed by atoms with van der Waals surface area (Å²) in [6.45, 7) is 0. The zero-order valence-electron chi connectivity index (χ0n) is 9.39. The van der Waals surface area contributed by atoms with Crippen LogP contribution < -0.4 is 4.90 Å². The number of halogens is 1. The van der Waals surface area contributed by atoms with Gasteiger partial charge in [0, 0.05) is 17.8 Å². The third kappa shape index (κ3) is 2.41. The van der Waals surface area contributed by atoms with Gasteiger partial charge < -0.3 is 4.90 Å². The fourth-order valence-electron chi connectivity index (χ4n) is 1.67. The molecular formula is C14H11ClN2. The van der Waals surface area contributed by atoms with E-state index in [2.05, 4.69) is 6.07 Å². The summed E-state index contributed by atoms with van der Waals surface area (Å²) in [5, 5.41) is 9.71. The van der Waals surface area contributed by atoms with E-state index < -0.39 is 0 Å². The number of para-hydroxylation sites is 1. The molecule has 17 heavy (non-hydrogen) atoms. The summed E-state index contributed by atoms with van der Waals surface area (Å²) < 4.78 is 0. The Morgan fingerprint density at radius 2 is 1.82 bits per heavy atom. The molecule has 0 aliphatic heterocycles. The Kier molecular flexibility index (Phi) is 3.32. The number of nitrogens with zero attached hydrogens (tertiary/aromatic N) is 2. The molecule has 2 rings (SSSR count). The van der Waals surface area contributed by atoms with Gasteiger partial charge in [-0.3, -0.25) is 0 Å². The van der Waals surface area contributed by atoms with Gasteiger partial charge in [0.15, 0.2) is 0 Å². The molecule has 0 spiro atoms. The average Bonchev–Trinajstić information content (AvgIpc) is 2.39. The van der Waals surface area contributed by atoms with E-state index in [1.54, 1.807) is 18.2 Å². The maximum absolute atomic E-state index is 9.09. The van der Waals surface area contributed by atoms with Gasteiger partial charge in [0.25, 0.3) is 0 Å². The number of hydrogen-bond acceptors (Lipinski definition) is 2. The molecule has 0 unspecified atom stereocenters. The predicted molar refractivity (Wildman–Crippen MR) is 70.7 cm³/mol. The molecule has 0 fully saturated rings. The fourth-order valence-corrected chi connectivity index (χ4v) is 1.83. The van der Waals surface area contributed by atoms with Crippen LogP contribution in [-0.4, -0.2) is 7.05 Å². The second-order valence-corrected chi connectivity index (χ2v) is 4.10. The zero-order valence-corrected chi connectivity index (χ0v) is 10.1. The van der Waals surface area contributed by atoms with Crippen LogP contribution in [-0.2, 0) is 0 Å². The van der Waals surface area contributed by atoms with Crippen molar-refractivity contribution in [2.45, 2.75) is 0 Å². The summed E-state index contributed by atoms with van der Waals surface area (Å²) >= 11 is 5.97. The van der Waals surface area contributed by atoms with E-state index in [4.69, 9.17) is 16.9 Å². The molecule has 0 aliphatic carbocycles. The van der Waals surface area contributed by atoms with E-state index in [1.807, 2.05) is 42.3 Å². The fraction of sp³-hybridized carbons (Fsp3) is 0.0714. The predicted octanol–water partition coefficient (Wildman–Crippen LogP) is 3.98. The summed E-state index contributed by atoms with van der Waals surface area (Å²) in [4.78, 5) is 1.95. The number of hydrogen-bond donors (Lipinski definition) is 0. The Bertz CT molecular complexity index is 558. The van der Waals surface area contributed by atoms with Crippen LogP contribution in [0.25, 0.3) is 0 Å². The lowest BCUT2D eigenvalue weighted by Gasteiger charge is -2.20. The minimum atomic E-state index is 0.612. The summed E-state index contributed by atoms with van der Waals surface area (Å²) in [5.41, 5.74) is 2.44. The Labute approximate surface area is 106 Å². The quantitative estimate of drug-likeness (QED) is 0.797. The third-order valence-corrected chi connectivity index (χ3v) is 2.82. The van der Waals surface area contributed by atoms with Crippen LogP contribution in [0.3, 0.4) is 0 Å². The Morgan fingerprint density at radius 1 is 1.12 bits per heavy atom. The van der Waals surface area contributed by atoms with E-state index in [0.717, 1.165) is 11.4 Å². The van der Waals surface area contributed by atoms with Crippen LogP contribution in [0.1, 0.15) is 5.56 Å². The van der Waals surface area contributed by atoms with Crippen molar-refractivity contribution < 1.29 is 0 Å². The molecule has 0 radical (unpaired) electrons. The summed E-state index contributed by atoms with van der Waals surface area (Å²) in [6, 6.07) is 17.3. The number of anilines is 2. The van der Waals surface area contributed by atoms with E-state index >= 15 is 0 Å². The van der Waals surface area contributed by atoms with E-state index in [9.17, 15) is 0 Å². The Hall–Kier alpha value is -1.98. The summed E-state index contributed by atoms with van der Waals surface area (Å²) in [6.07, 6.45) is 0. The molecule has 0 amide bonds. The largest absolute Gasteiger partial charge is 0.344 e.